The molecule has 3 heteroatoms. The third kappa shape index (κ3) is 2.34. The van der Waals surface area contributed by atoms with Crippen LogP contribution < -0.4 is 10.2 Å². The number of piperazine rings is 1. The number of halogens is 1. The van der Waals surface area contributed by atoms with Gasteiger partial charge in [-0.15, -0.1) is 0 Å². The Kier molecular flexibility index (Phi) is 3.32. The van der Waals surface area contributed by atoms with E-state index in [1.54, 1.807) is 0 Å². The fourth-order valence-electron chi connectivity index (χ4n) is 2.29. The molecule has 0 amide bonds. The number of nitrogens with one attached hydrogen (secondary N) is 1. The molecule has 2 nitrogen and oxygen atoms in total. The van der Waals surface area contributed by atoms with Crippen molar-refractivity contribution in [1.29, 1.82) is 0 Å². The van der Waals surface area contributed by atoms with E-state index in [1.807, 2.05) is 0 Å². The smallest absolute Gasteiger partial charge is 0.0427 e. The van der Waals surface area contributed by atoms with Gasteiger partial charge in [0.2, 0.25) is 0 Å². The maximum Gasteiger partial charge on any atom is 0.0427 e. The Hall–Kier alpha value is -0.540. The van der Waals surface area contributed by atoms with Gasteiger partial charge in [-0.25, -0.2) is 0 Å². The molecule has 0 saturated carbocycles. The third-order valence-electron chi connectivity index (χ3n) is 2.89. The van der Waals surface area contributed by atoms with Crippen molar-refractivity contribution < 1.29 is 0 Å². The van der Waals surface area contributed by atoms with E-state index in [1.165, 1.54) is 21.3 Å². The van der Waals surface area contributed by atoms with Crippen molar-refractivity contribution in [2.75, 3.05) is 31.1 Å². The molecular formula is C12H17BrN2. The van der Waals surface area contributed by atoms with Crippen LogP contribution in [0.25, 0.3) is 0 Å². The molecule has 0 unspecified atom stereocenters. The van der Waals surface area contributed by atoms with Crippen LogP contribution in [-0.2, 0) is 0 Å². The zero-order valence-corrected chi connectivity index (χ0v) is 10.9. The van der Waals surface area contributed by atoms with Crippen LogP contribution in [0.2, 0.25) is 0 Å². The molecule has 1 aliphatic rings. The van der Waals surface area contributed by atoms with Crippen LogP contribution in [0.4, 0.5) is 5.69 Å². The van der Waals surface area contributed by atoms with E-state index in [0.717, 1.165) is 26.2 Å². The molecule has 82 valence electrons. The molecule has 1 N–H and O–H groups in total. The summed E-state index contributed by atoms with van der Waals surface area (Å²) in [6, 6.07) is 4.40. The lowest BCUT2D eigenvalue weighted by Crippen LogP contribution is -2.44. The quantitative estimate of drug-likeness (QED) is 0.842. The highest BCUT2D eigenvalue weighted by atomic mass is 79.9. The summed E-state index contributed by atoms with van der Waals surface area (Å²) < 4.78 is 1.18. The predicted octanol–water partition coefficient (Wildman–Crippen LogP) is 2.48. The van der Waals surface area contributed by atoms with Crippen molar-refractivity contribution in [3.63, 3.8) is 0 Å². The molecule has 0 radical (unpaired) electrons. The fourth-order valence-corrected chi connectivity index (χ4v) is 2.98. The first kappa shape index (κ1) is 11.0. The predicted molar refractivity (Wildman–Crippen MR) is 68.7 cm³/mol. The summed E-state index contributed by atoms with van der Waals surface area (Å²) >= 11 is 3.54. The van der Waals surface area contributed by atoms with Gasteiger partial charge in [-0.1, -0.05) is 15.9 Å². The molecule has 0 aromatic heterocycles. The second kappa shape index (κ2) is 4.54. The van der Waals surface area contributed by atoms with Gasteiger partial charge in [0, 0.05) is 36.3 Å². The second-order valence-electron chi connectivity index (χ2n) is 4.13. The van der Waals surface area contributed by atoms with E-state index in [9.17, 15) is 0 Å². The zero-order chi connectivity index (χ0) is 10.8. The van der Waals surface area contributed by atoms with Gasteiger partial charge >= 0.3 is 0 Å². The van der Waals surface area contributed by atoms with Crippen molar-refractivity contribution in [2.24, 2.45) is 0 Å². The standard InChI is InChI=1S/C12H17BrN2/c1-9-7-11(13)8-10(2)12(9)15-5-3-14-4-6-15/h7-8,14H,3-6H2,1-2H3. The molecule has 0 atom stereocenters. The molecule has 1 fully saturated rings. The number of hydrogen-bond donors (Lipinski definition) is 1. The van der Waals surface area contributed by atoms with Crippen molar-refractivity contribution >= 4 is 21.6 Å². The summed E-state index contributed by atoms with van der Waals surface area (Å²) in [4.78, 5) is 2.48. The van der Waals surface area contributed by atoms with Gasteiger partial charge in [-0.05, 0) is 37.1 Å². The van der Waals surface area contributed by atoms with Crippen molar-refractivity contribution in [1.82, 2.24) is 5.32 Å². The number of aryl methyl sites for hydroxylation is 2. The van der Waals surface area contributed by atoms with Gasteiger partial charge in [0.25, 0.3) is 0 Å². The Labute approximate surface area is 99.8 Å². The van der Waals surface area contributed by atoms with Gasteiger partial charge in [0.1, 0.15) is 0 Å². The van der Waals surface area contributed by atoms with Crippen molar-refractivity contribution in [3.8, 4) is 0 Å². The van der Waals surface area contributed by atoms with Crippen LogP contribution in [0, 0.1) is 13.8 Å². The average Bonchev–Trinajstić information content (AvgIpc) is 2.17. The minimum Gasteiger partial charge on any atom is -0.369 e. The lowest BCUT2D eigenvalue weighted by Gasteiger charge is -2.32. The zero-order valence-electron chi connectivity index (χ0n) is 9.31. The van der Waals surface area contributed by atoms with E-state index >= 15 is 0 Å². The first-order chi connectivity index (χ1) is 7.18. The van der Waals surface area contributed by atoms with Crippen molar-refractivity contribution in [3.05, 3.63) is 27.7 Å². The van der Waals surface area contributed by atoms with Gasteiger partial charge < -0.3 is 10.2 Å². The summed E-state index contributed by atoms with van der Waals surface area (Å²) in [6.45, 7) is 8.79. The Bertz CT molecular complexity index is 334. The highest BCUT2D eigenvalue weighted by Gasteiger charge is 2.14. The van der Waals surface area contributed by atoms with Gasteiger partial charge in [-0.3, -0.25) is 0 Å². The number of anilines is 1. The molecule has 1 aromatic rings. The van der Waals surface area contributed by atoms with Gasteiger partial charge in [-0.2, -0.15) is 0 Å². The monoisotopic (exact) mass is 268 g/mol. The fraction of sp³-hybridized carbons (Fsp3) is 0.500. The number of benzene rings is 1. The van der Waals surface area contributed by atoms with Crippen LogP contribution in [0.3, 0.4) is 0 Å². The average molecular weight is 269 g/mol. The molecule has 1 heterocycles. The van der Waals surface area contributed by atoms with Gasteiger partial charge in [0.05, 0.1) is 0 Å². The molecule has 0 aliphatic carbocycles. The highest BCUT2D eigenvalue weighted by Crippen LogP contribution is 2.28. The maximum atomic E-state index is 3.54. The Balaban J connectivity index is 2.33. The number of rotatable bonds is 1. The molecule has 1 aromatic carbocycles. The normalized spacial score (nSPS) is 16.9. The van der Waals surface area contributed by atoms with E-state index in [0.29, 0.717) is 0 Å². The van der Waals surface area contributed by atoms with Crippen LogP contribution in [0.1, 0.15) is 11.1 Å². The number of nitrogens with zero attached hydrogens (tertiary/aromatic N) is 1. The van der Waals surface area contributed by atoms with Crippen molar-refractivity contribution in [2.45, 2.75) is 13.8 Å². The Morgan fingerprint density at radius 3 is 2.20 bits per heavy atom. The molecule has 2 rings (SSSR count). The Morgan fingerprint density at radius 1 is 1.13 bits per heavy atom. The van der Waals surface area contributed by atoms with Crippen LogP contribution in [0.5, 0.6) is 0 Å². The lowest BCUT2D eigenvalue weighted by atomic mass is 10.1. The first-order valence-electron chi connectivity index (χ1n) is 5.41. The molecule has 1 aliphatic heterocycles. The summed E-state index contributed by atoms with van der Waals surface area (Å²) in [5, 5.41) is 3.38. The van der Waals surface area contributed by atoms with E-state index in [-0.39, 0.29) is 0 Å². The van der Waals surface area contributed by atoms with Crippen LogP contribution in [0.15, 0.2) is 16.6 Å². The number of hydrogen-bond acceptors (Lipinski definition) is 2. The first-order valence-corrected chi connectivity index (χ1v) is 6.20. The SMILES string of the molecule is Cc1cc(Br)cc(C)c1N1CCNCC1. The highest BCUT2D eigenvalue weighted by molar-refractivity contribution is 9.10. The molecule has 0 spiro atoms. The Morgan fingerprint density at radius 2 is 1.67 bits per heavy atom. The molecular weight excluding hydrogens is 252 g/mol. The van der Waals surface area contributed by atoms with E-state index in [4.69, 9.17) is 0 Å². The van der Waals surface area contributed by atoms with E-state index < -0.39 is 0 Å². The van der Waals surface area contributed by atoms with Gasteiger partial charge in [0.15, 0.2) is 0 Å². The minimum absolute atomic E-state index is 1.09. The minimum atomic E-state index is 1.09. The summed E-state index contributed by atoms with van der Waals surface area (Å²) in [6.07, 6.45) is 0. The summed E-state index contributed by atoms with van der Waals surface area (Å²) in [5.41, 5.74) is 4.15. The van der Waals surface area contributed by atoms with Crippen LogP contribution >= 0.6 is 15.9 Å². The second-order valence-corrected chi connectivity index (χ2v) is 5.04. The molecule has 0 bridgehead atoms. The molecule has 15 heavy (non-hydrogen) atoms. The largest absolute Gasteiger partial charge is 0.369 e. The summed E-state index contributed by atoms with van der Waals surface area (Å²) in [5.74, 6) is 0. The topological polar surface area (TPSA) is 15.3 Å². The lowest BCUT2D eigenvalue weighted by molar-refractivity contribution is 0.587. The maximum absolute atomic E-state index is 3.54. The molecule has 1 saturated heterocycles. The summed E-state index contributed by atoms with van der Waals surface area (Å²) in [7, 11) is 0. The van der Waals surface area contributed by atoms with E-state index in [2.05, 4.69) is 52.1 Å². The van der Waals surface area contributed by atoms with Crippen LogP contribution in [-0.4, -0.2) is 26.2 Å². The third-order valence-corrected chi connectivity index (χ3v) is 3.35.